The Kier molecular flexibility index (Phi) is 13.9. The number of nitrogens with one attached hydrogen (secondary N) is 2. The van der Waals surface area contributed by atoms with Crippen molar-refractivity contribution in [3.63, 3.8) is 0 Å². The third-order valence-electron chi connectivity index (χ3n) is 5.17. The SMILES string of the molecule is C=C/C=C(\C=C)CC=O.CNc1ccc(CCCCc2nnc(NC(=O)Cc3cccc(OC(F)(F)F)c3)s2)nn1. The van der Waals surface area contributed by atoms with E-state index in [4.69, 9.17) is 0 Å². The molecule has 2 heterocycles. The molecule has 1 amide bonds. The molecule has 0 saturated heterocycles. The normalized spacial score (nSPS) is 11.1. The maximum absolute atomic E-state index is 12.3. The van der Waals surface area contributed by atoms with Crippen LogP contribution in [0.15, 0.2) is 73.4 Å². The number of hydrogen-bond donors (Lipinski definition) is 2. The quantitative estimate of drug-likeness (QED) is 0.136. The van der Waals surface area contributed by atoms with Crippen molar-refractivity contribution in [3.05, 3.63) is 89.6 Å². The summed E-state index contributed by atoms with van der Waals surface area (Å²) >= 11 is 1.27. The number of anilines is 2. The zero-order valence-corrected chi connectivity index (χ0v) is 23.3. The van der Waals surface area contributed by atoms with Gasteiger partial charge in [0.1, 0.15) is 22.9 Å². The Labute approximate surface area is 240 Å². The van der Waals surface area contributed by atoms with Gasteiger partial charge in [0.15, 0.2) is 0 Å². The number of nitrogens with zero attached hydrogens (tertiary/aromatic N) is 4. The maximum Gasteiger partial charge on any atom is 0.573 e. The molecule has 0 bridgehead atoms. The molecule has 218 valence electrons. The molecule has 0 fully saturated rings. The van der Waals surface area contributed by atoms with E-state index < -0.39 is 12.3 Å². The van der Waals surface area contributed by atoms with Crippen molar-refractivity contribution in [2.45, 2.75) is 44.9 Å². The molecular weight excluding hydrogens is 557 g/mol. The molecule has 0 spiro atoms. The van der Waals surface area contributed by atoms with Gasteiger partial charge >= 0.3 is 6.36 Å². The fourth-order valence-corrected chi connectivity index (χ4v) is 4.08. The smallest absolute Gasteiger partial charge is 0.406 e. The molecule has 3 aromatic rings. The number of benzene rings is 1. The second-order valence-corrected chi connectivity index (χ2v) is 9.40. The number of aldehydes is 1. The van der Waals surface area contributed by atoms with Crippen molar-refractivity contribution in [1.29, 1.82) is 0 Å². The predicted molar refractivity (Wildman–Crippen MR) is 153 cm³/mol. The van der Waals surface area contributed by atoms with Crippen molar-refractivity contribution in [2.75, 3.05) is 17.7 Å². The van der Waals surface area contributed by atoms with Crippen molar-refractivity contribution in [3.8, 4) is 5.75 Å². The van der Waals surface area contributed by atoms with Crippen molar-refractivity contribution >= 4 is 34.5 Å². The Morgan fingerprint density at radius 3 is 2.49 bits per heavy atom. The standard InChI is InChI=1S/C20H21F3N6O2S.C8H10O/c1-24-16-10-9-14(26-27-16)6-2-3-8-18-28-29-19(32-18)25-17(30)12-13-5-4-7-15(11-13)31-20(21,22)23;1-3-5-8(4-2)6-7-9/h4-5,7,9-11H,2-3,6,8,12H2,1H3,(H,24,27)(H,25,29,30);3-5,7H,1-2,6H2/b;8-5+. The predicted octanol–water partition coefficient (Wildman–Crippen LogP) is 5.89. The third-order valence-corrected chi connectivity index (χ3v) is 6.07. The lowest BCUT2D eigenvalue weighted by atomic mass is 10.1. The number of alkyl halides is 3. The minimum atomic E-state index is -4.78. The molecule has 0 aliphatic carbocycles. The molecule has 1 aromatic carbocycles. The highest BCUT2D eigenvalue weighted by Crippen LogP contribution is 2.24. The Morgan fingerprint density at radius 1 is 1.07 bits per heavy atom. The van der Waals surface area contributed by atoms with Gasteiger partial charge in [-0.1, -0.05) is 54.9 Å². The lowest BCUT2D eigenvalue weighted by Crippen LogP contribution is -2.17. The highest BCUT2D eigenvalue weighted by Gasteiger charge is 2.31. The Bertz CT molecular complexity index is 1310. The molecule has 0 unspecified atom stereocenters. The second kappa shape index (κ2) is 17.3. The monoisotopic (exact) mass is 588 g/mol. The number of ether oxygens (including phenoxy) is 1. The molecule has 0 radical (unpaired) electrons. The summed E-state index contributed by atoms with van der Waals surface area (Å²) in [5, 5.41) is 22.9. The van der Waals surface area contributed by atoms with Crippen LogP contribution >= 0.6 is 11.3 Å². The Hall–Kier alpha value is -4.39. The van der Waals surface area contributed by atoms with Gasteiger partial charge in [-0.25, -0.2) is 0 Å². The zero-order chi connectivity index (χ0) is 30.1. The van der Waals surface area contributed by atoms with Crippen LogP contribution in [0.4, 0.5) is 24.1 Å². The highest BCUT2D eigenvalue weighted by atomic mass is 32.1. The molecular formula is C28H31F3N6O3S. The number of unbranched alkanes of at least 4 members (excludes halogenated alkanes) is 1. The van der Waals surface area contributed by atoms with Crippen molar-refractivity contribution in [1.82, 2.24) is 20.4 Å². The molecule has 2 N–H and O–H groups in total. The summed E-state index contributed by atoms with van der Waals surface area (Å²) in [5.74, 6) is -0.0510. The molecule has 13 heteroatoms. The molecule has 0 atom stereocenters. The van der Waals surface area contributed by atoms with Gasteiger partial charge in [0, 0.05) is 19.9 Å². The molecule has 9 nitrogen and oxygen atoms in total. The van der Waals surface area contributed by atoms with Crippen LogP contribution in [0, 0.1) is 0 Å². The topological polar surface area (TPSA) is 119 Å². The molecule has 2 aromatic heterocycles. The maximum atomic E-state index is 12.3. The van der Waals surface area contributed by atoms with Crippen LogP contribution < -0.4 is 15.4 Å². The first-order valence-electron chi connectivity index (χ1n) is 12.5. The number of hydrogen-bond acceptors (Lipinski definition) is 9. The summed E-state index contributed by atoms with van der Waals surface area (Å²) in [5.41, 5.74) is 2.21. The number of aryl methyl sites for hydroxylation is 2. The van der Waals surface area contributed by atoms with E-state index in [0.717, 1.165) is 47.6 Å². The van der Waals surface area contributed by atoms with Gasteiger partial charge in [-0.15, -0.1) is 28.5 Å². The zero-order valence-electron chi connectivity index (χ0n) is 22.5. The van der Waals surface area contributed by atoms with Crippen LogP contribution in [-0.2, 0) is 28.9 Å². The first-order valence-corrected chi connectivity index (χ1v) is 13.3. The molecule has 0 saturated carbocycles. The van der Waals surface area contributed by atoms with Crippen LogP contribution in [0.5, 0.6) is 5.75 Å². The summed E-state index contributed by atoms with van der Waals surface area (Å²) in [6.07, 6.45) is 4.73. The lowest BCUT2D eigenvalue weighted by molar-refractivity contribution is -0.274. The molecule has 3 rings (SSSR count). The number of allylic oxidation sites excluding steroid dienone is 4. The Balaban J connectivity index is 0.000000564. The highest BCUT2D eigenvalue weighted by molar-refractivity contribution is 7.15. The van der Waals surface area contributed by atoms with E-state index in [9.17, 15) is 22.8 Å². The summed E-state index contributed by atoms with van der Waals surface area (Å²) in [4.78, 5) is 22.1. The fourth-order valence-electron chi connectivity index (χ4n) is 3.28. The van der Waals surface area contributed by atoms with Gasteiger partial charge in [0.05, 0.1) is 12.1 Å². The third kappa shape index (κ3) is 13.5. The molecule has 0 aliphatic heterocycles. The van der Waals surface area contributed by atoms with Gasteiger partial charge in [0.2, 0.25) is 11.0 Å². The Morgan fingerprint density at radius 2 is 1.85 bits per heavy atom. The summed E-state index contributed by atoms with van der Waals surface area (Å²) in [6, 6.07) is 9.10. The van der Waals surface area contributed by atoms with E-state index in [1.807, 2.05) is 12.1 Å². The van der Waals surface area contributed by atoms with Crippen LogP contribution in [-0.4, -0.2) is 46.0 Å². The lowest BCUT2D eigenvalue weighted by Gasteiger charge is -2.09. The van der Waals surface area contributed by atoms with Crippen LogP contribution in [0.3, 0.4) is 0 Å². The molecule has 41 heavy (non-hydrogen) atoms. The van der Waals surface area contributed by atoms with Crippen LogP contribution in [0.2, 0.25) is 0 Å². The minimum absolute atomic E-state index is 0.114. The van der Waals surface area contributed by atoms with E-state index in [-0.39, 0.29) is 12.2 Å². The molecule has 0 aliphatic rings. The van der Waals surface area contributed by atoms with E-state index in [0.29, 0.717) is 23.5 Å². The summed E-state index contributed by atoms with van der Waals surface area (Å²) < 4.78 is 40.9. The fraction of sp³-hybridized carbons (Fsp3) is 0.286. The van der Waals surface area contributed by atoms with Gasteiger partial charge in [-0.2, -0.15) is 5.10 Å². The van der Waals surface area contributed by atoms with E-state index in [2.05, 4.69) is 48.9 Å². The average Bonchev–Trinajstić information content (AvgIpc) is 3.37. The average molecular weight is 589 g/mol. The van der Waals surface area contributed by atoms with Crippen molar-refractivity contribution < 1.29 is 27.5 Å². The number of amides is 1. The largest absolute Gasteiger partial charge is 0.573 e. The van der Waals surface area contributed by atoms with Gasteiger partial charge in [0.25, 0.3) is 0 Å². The number of aromatic nitrogens is 4. The number of halogens is 3. The van der Waals surface area contributed by atoms with E-state index in [1.54, 1.807) is 31.3 Å². The summed E-state index contributed by atoms with van der Waals surface area (Å²) in [7, 11) is 1.79. The first kappa shape index (κ1) is 32.8. The van der Waals surface area contributed by atoms with Crippen molar-refractivity contribution in [2.24, 2.45) is 0 Å². The minimum Gasteiger partial charge on any atom is -0.406 e. The van der Waals surface area contributed by atoms with Gasteiger partial charge in [-0.05, 0) is 54.7 Å². The number of carbonyl (C=O) groups excluding carboxylic acids is 2. The van der Waals surface area contributed by atoms with E-state index in [1.165, 1.54) is 29.5 Å². The second-order valence-electron chi connectivity index (χ2n) is 8.34. The number of rotatable bonds is 14. The van der Waals surface area contributed by atoms with Gasteiger partial charge in [-0.3, -0.25) is 4.79 Å². The summed E-state index contributed by atoms with van der Waals surface area (Å²) in [6.45, 7) is 7.01. The number of carbonyl (C=O) groups is 2. The first-order chi connectivity index (χ1) is 19.6. The van der Waals surface area contributed by atoms with Crippen LogP contribution in [0.1, 0.15) is 35.5 Å². The van der Waals surface area contributed by atoms with Gasteiger partial charge < -0.3 is 20.2 Å². The van der Waals surface area contributed by atoms with E-state index >= 15 is 0 Å². The van der Waals surface area contributed by atoms with Crippen LogP contribution in [0.25, 0.3) is 0 Å².